The standard InChI is InChI=1S/2C6H13NS.CH4/c1-5(2)6(8)7(3)4;1-5(2)7(4)6(3)8;/h2*5H,1-4H3;1H4. The molecule has 17 heavy (non-hydrogen) atoms. The Morgan fingerprint density at radius 1 is 0.941 bits per heavy atom. The van der Waals surface area contributed by atoms with Crippen LogP contribution in [0.15, 0.2) is 0 Å². The highest BCUT2D eigenvalue weighted by molar-refractivity contribution is 7.80. The maximum Gasteiger partial charge on any atom is 0.0799 e. The molecule has 0 aromatic rings. The van der Waals surface area contributed by atoms with Crippen LogP contribution >= 0.6 is 24.4 Å². The SMILES string of the molecule is C.CC(=S)N(C)C(C)C.CC(C)C(=S)N(C)C. The van der Waals surface area contributed by atoms with Gasteiger partial charge in [-0.3, -0.25) is 0 Å². The molecule has 0 heterocycles. The molecule has 0 bridgehead atoms. The highest BCUT2D eigenvalue weighted by Gasteiger charge is 2.02. The van der Waals surface area contributed by atoms with Crippen LogP contribution in [-0.2, 0) is 0 Å². The zero-order chi connectivity index (χ0) is 13.5. The van der Waals surface area contributed by atoms with Crippen LogP contribution in [0.3, 0.4) is 0 Å². The van der Waals surface area contributed by atoms with Crippen molar-refractivity contribution in [2.24, 2.45) is 5.92 Å². The molecule has 104 valence electrons. The topological polar surface area (TPSA) is 6.48 Å². The molecule has 0 N–H and O–H groups in total. The Balaban J connectivity index is -0.000000218. The lowest BCUT2D eigenvalue weighted by molar-refractivity contribution is 0.422. The van der Waals surface area contributed by atoms with Crippen LogP contribution in [0.1, 0.15) is 42.0 Å². The number of thiocarbonyl (C=S) groups is 2. The zero-order valence-electron chi connectivity index (χ0n) is 11.9. The third-order valence-electron chi connectivity index (χ3n) is 2.21. The molecular weight excluding hydrogens is 248 g/mol. The molecule has 0 atom stereocenters. The molecule has 0 saturated carbocycles. The summed E-state index contributed by atoms with van der Waals surface area (Å²) in [6.07, 6.45) is 0. The van der Waals surface area contributed by atoms with Gasteiger partial charge in [0, 0.05) is 33.1 Å². The van der Waals surface area contributed by atoms with Gasteiger partial charge < -0.3 is 9.80 Å². The maximum absolute atomic E-state index is 5.03. The highest BCUT2D eigenvalue weighted by Crippen LogP contribution is 1.98. The molecule has 0 aliphatic rings. The van der Waals surface area contributed by atoms with E-state index in [0.29, 0.717) is 12.0 Å². The van der Waals surface area contributed by atoms with Gasteiger partial charge in [0.05, 0.1) is 9.98 Å². The van der Waals surface area contributed by atoms with E-state index in [9.17, 15) is 0 Å². The zero-order valence-corrected chi connectivity index (χ0v) is 13.5. The smallest absolute Gasteiger partial charge is 0.0799 e. The van der Waals surface area contributed by atoms with Crippen molar-refractivity contribution in [2.75, 3.05) is 21.1 Å². The molecule has 0 unspecified atom stereocenters. The van der Waals surface area contributed by atoms with E-state index in [-0.39, 0.29) is 7.43 Å². The van der Waals surface area contributed by atoms with Gasteiger partial charge in [0.15, 0.2) is 0 Å². The summed E-state index contributed by atoms with van der Waals surface area (Å²) < 4.78 is 0. The molecule has 0 aliphatic heterocycles. The number of hydrogen-bond donors (Lipinski definition) is 0. The van der Waals surface area contributed by atoms with Crippen LogP contribution < -0.4 is 0 Å². The summed E-state index contributed by atoms with van der Waals surface area (Å²) in [4.78, 5) is 6.01. The molecule has 0 aliphatic carbocycles. The molecule has 0 rings (SSSR count). The third-order valence-corrected chi connectivity index (χ3v) is 3.33. The number of rotatable bonds is 2. The minimum absolute atomic E-state index is 0. The second kappa shape index (κ2) is 10.9. The van der Waals surface area contributed by atoms with Crippen molar-refractivity contribution in [3.63, 3.8) is 0 Å². The molecule has 0 amide bonds. The van der Waals surface area contributed by atoms with E-state index in [0.717, 1.165) is 9.98 Å². The Labute approximate surface area is 119 Å². The van der Waals surface area contributed by atoms with Crippen molar-refractivity contribution in [1.29, 1.82) is 0 Å². The summed E-state index contributed by atoms with van der Waals surface area (Å²) in [5.74, 6) is 0.500. The monoisotopic (exact) mass is 278 g/mol. The van der Waals surface area contributed by atoms with Gasteiger partial charge >= 0.3 is 0 Å². The van der Waals surface area contributed by atoms with Gasteiger partial charge in [-0.05, 0) is 20.8 Å². The summed E-state index contributed by atoms with van der Waals surface area (Å²) >= 11 is 9.95. The Bertz CT molecular complexity index is 213. The minimum Gasteiger partial charge on any atom is -0.372 e. The van der Waals surface area contributed by atoms with Crippen molar-refractivity contribution < 1.29 is 0 Å². The van der Waals surface area contributed by atoms with Crippen LogP contribution in [0.4, 0.5) is 0 Å². The van der Waals surface area contributed by atoms with Crippen molar-refractivity contribution in [3.05, 3.63) is 0 Å². The molecule has 0 saturated heterocycles. The minimum atomic E-state index is 0. The Morgan fingerprint density at radius 3 is 1.29 bits per heavy atom. The van der Waals surface area contributed by atoms with Gasteiger partial charge in [0.2, 0.25) is 0 Å². The van der Waals surface area contributed by atoms with Crippen LogP contribution in [0.25, 0.3) is 0 Å². The molecule has 4 heteroatoms. The largest absolute Gasteiger partial charge is 0.372 e. The van der Waals surface area contributed by atoms with Crippen molar-refractivity contribution >= 4 is 34.4 Å². The molecule has 0 spiro atoms. The van der Waals surface area contributed by atoms with Gasteiger partial charge in [-0.1, -0.05) is 45.7 Å². The first kappa shape index (κ1) is 22.0. The van der Waals surface area contributed by atoms with Gasteiger partial charge in [-0.2, -0.15) is 0 Å². The van der Waals surface area contributed by atoms with E-state index in [4.69, 9.17) is 24.4 Å². The first-order valence-corrected chi connectivity index (χ1v) is 6.37. The summed E-state index contributed by atoms with van der Waals surface area (Å²) in [7, 11) is 5.96. The second-order valence-corrected chi connectivity index (χ2v) is 5.62. The first-order valence-electron chi connectivity index (χ1n) is 5.55. The second-order valence-electron chi connectivity index (χ2n) is 4.61. The number of nitrogens with zero attached hydrogens (tertiary/aromatic N) is 2. The van der Waals surface area contributed by atoms with E-state index < -0.39 is 0 Å². The van der Waals surface area contributed by atoms with E-state index >= 15 is 0 Å². The summed E-state index contributed by atoms with van der Waals surface area (Å²) in [6, 6.07) is 0.535. The van der Waals surface area contributed by atoms with Crippen LogP contribution in [0, 0.1) is 5.92 Å². The lowest BCUT2D eigenvalue weighted by atomic mass is 10.2. The van der Waals surface area contributed by atoms with Gasteiger partial charge in [-0.15, -0.1) is 0 Å². The average Bonchev–Trinajstić information content (AvgIpc) is 2.15. The molecular formula is C13H30N2S2. The molecule has 0 aromatic heterocycles. The fourth-order valence-electron chi connectivity index (χ4n) is 0.880. The predicted octanol–water partition coefficient (Wildman–Crippen LogP) is 3.84. The Morgan fingerprint density at radius 2 is 1.29 bits per heavy atom. The molecule has 0 radical (unpaired) electrons. The summed E-state index contributed by atoms with van der Waals surface area (Å²) in [5.41, 5.74) is 0. The van der Waals surface area contributed by atoms with Gasteiger partial charge in [0.1, 0.15) is 0 Å². The number of hydrogen-bond acceptors (Lipinski definition) is 2. The fourth-order valence-corrected chi connectivity index (χ4v) is 1.09. The maximum atomic E-state index is 5.03. The van der Waals surface area contributed by atoms with Gasteiger partial charge in [0.25, 0.3) is 0 Å². The Hall–Kier alpha value is -0.220. The van der Waals surface area contributed by atoms with Gasteiger partial charge in [-0.25, -0.2) is 0 Å². The lowest BCUT2D eigenvalue weighted by Crippen LogP contribution is -2.29. The molecule has 0 aromatic carbocycles. The average molecular weight is 279 g/mol. The van der Waals surface area contributed by atoms with E-state index in [2.05, 4.69) is 32.6 Å². The van der Waals surface area contributed by atoms with Crippen LogP contribution in [0.2, 0.25) is 0 Å². The van der Waals surface area contributed by atoms with E-state index in [1.165, 1.54) is 0 Å². The Kier molecular flexibility index (Phi) is 14.1. The quantitative estimate of drug-likeness (QED) is 0.708. The van der Waals surface area contributed by atoms with E-state index in [1.54, 1.807) is 0 Å². The van der Waals surface area contributed by atoms with Crippen LogP contribution in [0.5, 0.6) is 0 Å². The highest BCUT2D eigenvalue weighted by atomic mass is 32.1. The predicted molar refractivity (Wildman–Crippen MR) is 89.0 cm³/mol. The van der Waals surface area contributed by atoms with Crippen molar-refractivity contribution in [3.8, 4) is 0 Å². The lowest BCUT2D eigenvalue weighted by Gasteiger charge is -2.21. The summed E-state index contributed by atoms with van der Waals surface area (Å²) in [6.45, 7) is 10.4. The van der Waals surface area contributed by atoms with Crippen molar-refractivity contribution in [2.45, 2.75) is 48.1 Å². The van der Waals surface area contributed by atoms with Crippen molar-refractivity contribution in [1.82, 2.24) is 9.80 Å². The van der Waals surface area contributed by atoms with Crippen LogP contribution in [-0.4, -0.2) is 47.0 Å². The third kappa shape index (κ3) is 12.0. The normalized spacial score (nSPS) is 9.06. The fraction of sp³-hybridized carbons (Fsp3) is 0.846. The first-order chi connectivity index (χ1) is 7.11. The van der Waals surface area contributed by atoms with E-state index in [1.807, 2.05) is 33.0 Å². The molecule has 2 nitrogen and oxygen atoms in total. The summed E-state index contributed by atoms with van der Waals surface area (Å²) in [5, 5.41) is 0. The molecule has 0 fully saturated rings.